The molecule has 0 rings (SSSR count). The van der Waals surface area contributed by atoms with Crippen LogP contribution in [0.25, 0.3) is 0 Å². The van der Waals surface area contributed by atoms with Crippen molar-refractivity contribution in [3.05, 3.63) is 0 Å². The molecule has 0 aromatic rings. The van der Waals surface area contributed by atoms with E-state index in [2.05, 4.69) is 0 Å². The summed E-state index contributed by atoms with van der Waals surface area (Å²) >= 11 is 0. The molecular formula is C4H10NO6P. The van der Waals surface area contributed by atoms with Crippen LogP contribution >= 0.6 is 7.60 Å². The Kier molecular flexibility index (Phi) is 3.82. The number of aliphatic hydroxyl groups excluding tert-OH is 1. The summed E-state index contributed by atoms with van der Waals surface area (Å²) in [6.07, 6.45) is -0.667. The van der Waals surface area contributed by atoms with E-state index in [0.717, 1.165) is 0 Å². The van der Waals surface area contributed by atoms with Crippen LogP contribution in [0.1, 0.15) is 6.42 Å². The Morgan fingerprint density at radius 1 is 1.50 bits per heavy atom. The van der Waals surface area contributed by atoms with Gasteiger partial charge < -0.3 is 25.7 Å². The highest BCUT2D eigenvalue weighted by molar-refractivity contribution is 7.52. The zero-order valence-corrected chi connectivity index (χ0v) is 6.89. The molecule has 0 aromatic heterocycles. The van der Waals surface area contributed by atoms with Crippen LogP contribution in [0, 0.1) is 0 Å². The van der Waals surface area contributed by atoms with Crippen LogP contribution in [0.4, 0.5) is 0 Å². The Hall–Kier alpha value is -0.460. The summed E-state index contributed by atoms with van der Waals surface area (Å²) in [6.45, 7) is 0. The quantitative estimate of drug-likeness (QED) is 0.339. The third-order valence-electron chi connectivity index (χ3n) is 1.17. The topological polar surface area (TPSA) is 141 Å². The van der Waals surface area contributed by atoms with Crippen molar-refractivity contribution in [2.75, 3.05) is 0 Å². The summed E-state index contributed by atoms with van der Waals surface area (Å²) in [5.41, 5.74) is 4.91. The van der Waals surface area contributed by atoms with Gasteiger partial charge in [0.1, 0.15) is 6.04 Å². The first-order chi connectivity index (χ1) is 5.25. The molecule has 0 saturated carbocycles. The smallest absolute Gasteiger partial charge is 0.353 e. The minimum Gasteiger partial charge on any atom is -0.480 e. The van der Waals surface area contributed by atoms with E-state index in [4.69, 9.17) is 25.7 Å². The maximum atomic E-state index is 10.3. The van der Waals surface area contributed by atoms with Crippen molar-refractivity contribution < 1.29 is 29.4 Å². The molecule has 0 aromatic carbocycles. The van der Waals surface area contributed by atoms with Crippen molar-refractivity contribution in [3.63, 3.8) is 0 Å². The van der Waals surface area contributed by atoms with Crippen LogP contribution in [-0.4, -0.2) is 37.9 Å². The lowest BCUT2D eigenvalue weighted by Gasteiger charge is -2.13. The Labute approximate surface area is 68.0 Å². The predicted molar refractivity (Wildman–Crippen MR) is 38.3 cm³/mol. The van der Waals surface area contributed by atoms with Crippen LogP contribution in [0.2, 0.25) is 0 Å². The maximum absolute atomic E-state index is 10.3. The number of nitrogens with two attached hydrogens (primary N) is 1. The van der Waals surface area contributed by atoms with Crippen LogP contribution in [0.3, 0.4) is 0 Å². The van der Waals surface area contributed by atoms with Gasteiger partial charge in [-0.1, -0.05) is 0 Å². The van der Waals surface area contributed by atoms with E-state index in [1.165, 1.54) is 0 Å². The number of hydrogen-bond acceptors (Lipinski definition) is 4. The lowest BCUT2D eigenvalue weighted by atomic mass is 10.2. The minimum absolute atomic E-state index is 0.667. The third-order valence-corrected chi connectivity index (χ3v) is 2.16. The number of aliphatic hydroxyl groups is 1. The summed E-state index contributed by atoms with van der Waals surface area (Å²) in [5, 5.41) is 16.9. The van der Waals surface area contributed by atoms with E-state index < -0.39 is 31.9 Å². The van der Waals surface area contributed by atoms with Crippen molar-refractivity contribution in [2.24, 2.45) is 5.73 Å². The molecule has 72 valence electrons. The molecule has 0 aliphatic rings. The summed E-state index contributed by atoms with van der Waals surface area (Å²) in [7, 11) is -4.64. The Morgan fingerprint density at radius 2 is 1.92 bits per heavy atom. The monoisotopic (exact) mass is 199 g/mol. The molecule has 6 N–H and O–H groups in total. The van der Waals surface area contributed by atoms with Crippen molar-refractivity contribution >= 4 is 13.6 Å². The SMILES string of the molecule is N[C@@H](C[C@@H](O)P(=O)(O)O)C(=O)O. The lowest BCUT2D eigenvalue weighted by Crippen LogP contribution is -2.33. The van der Waals surface area contributed by atoms with E-state index in [1.807, 2.05) is 0 Å². The average Bonchev–Trinajstić information content (AvgIpc) is 1.85. The molecule has 0 amide bonds. The molecule has 0 heterocycles. The normalized spacial score (nSPS) is 17.0. The van der Waals surface area contributed by atoms with Crippen molar-refractivity contribution in [3.8, 4) is 0 Å². The Balaban J connectivity index is 4.11. The number of carboxylic acid groups (broad SMARTS) is 1. The highest BCUT2D eigenvalue weighted by Crippen LogP contribution is 2.41. The molecule has 0 aliphatic carbocycles. The molecule has 0 radical (unpaired) electrons. The fourth-order valence-corrected chi connectivity index (χ4v) is 0.967. The molecule has 0 spiro atoms. The first kappa shape index (κ1) is 11.5. The van der Waals surface area contributed by atoms with E-state index in [0.29, 0.717) is 0 Å². The van der Waals surface area contributed by atoms with Gasteiger partial charge in [-0.3, -0.25) is 9.36 Å². The van der Waals surface area contributed by atoms with Gasteiger partial charge in [0.25, 0.3) is 0 Å². The van der Waals surface area contributed by atoms with Crippen molar-refractivity contribution in [1.29, 1.82) is 0 Å². The van der Waals surface area contributed by atoms with Gasteiger partial charge in [-0.2, -0.15) is 0 Å². The van der Waals surface area contributed by atoms with Gasteiger partial charge in [0.2, 0.25) is 0 Å². The van der Waals surface area contributed by atoms with Gasteiger partial charge in [0.05, 0.1) is 0 Å². The zero-order valence-electron chi connectivity index (χ0n) is 5.99. The van der Waals surface area contributed by atoms with Gasteiger partial charge in [0.15, 0.2) is 5.85 Å². The second-order valence-electron chi connectivity index (χ2n) is 2.25. The molecule has 0 unspecified atom stereocenters. The first-order valence-electron chi connectivity index (χ1n) is 2.97. The molecule has 0 saturated heterocycles. The van der Waals surface area contributed by atoms with Gasteiger partial charge in [0, 0.05) is 6.42 Å². The number of rotatable bonds is 4. The molecule has 0 bridgehead atoms. The average molecular weight is 199 g/mol. The summed E-state index contributed by atoms with van der Waals surface area (Å²) in [4.78, 5) is 26.7. The van der Waals surface area contributed by atoms with Gasteiger partial charge in [-0.05, 0) is 0 Å². The van der Waals surface area contributed by atoms with Crippen LogP contribution in [-0.2, 0) is 9.36 Å². The fraction of sp³-hybridized carbons (Fsp3) is 0.750. The summed E-state index contributed by atoms with van der Waals surface area (Å²) in [5.74, 6) is -3.42. The minimum atomic E-state index is -4.64. The van der Waals surface area contributed by atoms with E-state index in [-0.39, 0.29) is 0 Å². The molecule has 12 heavy (non-hydrogen) atoms. The van der Waals surface area contributed by atoms with Gasteiger partial charge in [-0.25, -0.2) is 0 Å². The molecular weight excluding hydrogens is 189 g/mol. The highest BCUT2D eigenvalue weighted by Gasteiger charge is 2.30. The highest BCUT2D eigenvalue weighted by atomic mass is 31.2. The zero-order chi connectivity index (χ0) is 9.94. The fourth-order valence-electron chi connectivity index (χ4n) is 0.465. The number of carboxylic acids is 1. The molecule has 7 nitrogen and oxygen atoms in total. The third kappa shape index (κ3) is 3.80. The Bertz CT molecular complexity index is 212. The van der Waals surface area contributed by atoms with E-state index >= 15 is 0 Å². The lowest BCUT2D eigenvalue weighted by molar-refractivity contribution is -0.139. The largest absolute Gasteiger partial charge is 0.480 e. The van der Waals surface area contributed by atoms with Gasteiger partial charge in [-0.15, -0.1) is 0 Å². The molecule has 2 atom stereocenters. The second kappa shape index (κ2) is 3.97. The standard InChI is InChI=1S/C4H10NO6P/c5-2(4(7)8)1-3(6)12(9,10)11/h2-3,6H,1,5H2,(H,7,8)(H2,9,10,11)/t2-,3-/m0/s1. The summed E-state index contributed by atoms with van der Waals surface area (Å²) < 4.78 is 10.3. The number of hydrogen-bond donors (Lipinski definition) is 5. The van der Waals surface area contributed by atoms with Crippen LogP contribution < -0.4 is 5.73 Å². The molecule has 0 aliphatic heterocycles. The predicted octanol–water partition coefficient (Wildman–Crippen LogP) is -1.72. The van der Waals surface area contributed by atoms with Gasteiger partial charge >= 0.3 is 13.6 Å². The first-order valence-corrected chi connectivity index (χ1v) is 4.65. The van der Waals surface area contributed by atoms with E-state index in [9.17, 15) is 9.36 Å². The maximum Gasteiger partial charge on any atom is 0.353 e. The van der Waals surface area contributed by atoms with Crippen LogP contribution in [0.15, 0.2) is 0 Å². The number of aliphatic carboxylic acids is 1. The Morgan fingerprint density at radius 3 is 2.17 bits per heavy atom. The van der Waals surface area contributed by atoms with E-state index in [1.54, 1.807) is 0 Å². The van der Waals surface area contributed by atoms with Crippen molar-refractivity contribution in [1.82, 2.24) is 0 Å². The summed E-state index contributed by atoms with van der Waals surface area (Å²) in [6, 6.07) is -1.47. The second-order valence-corrected chi connectivity index (χ2v) is 4.02. The van der Waals surface area contributed by atoms with Crippen molar-refractivity contribution in [2.45, 2.75) is 18.3 Å². The van der Waals surface area contributed by atoms with Crippen LogP contribution in [0.5, 0.6) is 0 Å². The number of carbonyl (C=O) groups is 1. The molecule has 0 fully saturated rings. The molecule has 8 heteroatoms.